The average Bonchev–Trinajstić information content (AvgIpc) is 3.11. The van der Waals surface area contributed by atoms with Gasteiger partial charge in [-0.05, 0) is 48.0 Å². The number of methoxy groups -OCH3 is 2. The van der Waals surface area contributed by atoms with Crippen molar-refractivity contribution in [2.24, 2.45) is 0 Å². The topological polar surface area (TPSA) is 60.7 Å². The Bertz CT molecular complexity index is 1110. The predicted octanol–water partition coefficient (Wildman–Crippen LogP) is 5.37. The van der Waals surface area contributed by atoms with Gasteiger partial charge in [-0.3, -0.25) is 10.1 Å². The summed E-state index contributed by atoms with van der Waals surface area (Å²) in [6.07, 6.45) is 0. The molecule has 0 bridgehead atoms. The van der Waals surface area contributed by atoms with Gasteiger partial charge in [0, 0.05) is 10.9 Å². The fraction of sp³-hybridized carbons (Fsp3) is 0.0870. The van der Waals surface area contributed by atoms with Gasteiger partial charge in [-0.2, -0.15) is 0 Å². The maximum absolute atomic E-state index is 12.7. The zero-order chi connectivity index (χ0) is 19.5. The van der Waals surface area contributed by atoms with Crippen molar-refractivity contribution in [3.63, 3.8) is 0 Å². The Kier molecular flexibility index (Phi) is 4.72. The lowest BCUT2D eigenvalue weighted by Crippen LogP contribution is -2.11. The van der Waals surface area contributed by atoms with Crippen LogP contribution < -0.4 is 14.8 Å². The first-order valence-electron chi connectivity index (χ1n) is 8.81. The summed E-state index contributed by atoms with van der Waals surface area (Å²) >= 11 is 0. The van der Waals surface area contributed by atoms with Crippen LogP contribution in [0.3, 0.4) is 0 Å². The number of fused-ring (bicyclic) bond motifs is 1. The van der Waals surface area contributed by atoms with Crippen LogP contribution in [0.2, 0.25) is 0 Å². The molecular formula is C23H19NO4. The van der Waals surface area contributed by atoms with E-state index in [9.17, 15) is 4.79 Å². The van der Waals surface area contributed by atoms with Gasteiger partial charge in [0.25, 0.3) is 5.91 Å². The van der Waals surface area contributed by atoms with E-state index < -0.39 is 0 Å². The van der Waals surface area contributed by atoms with Crippen molar-refractivity contribution < 1.29 is 18.7 Å². The largest absolute Gasteiger partial charge is 0.497 e. The lowest BCUT2D eigenvalue weighted by Gasteiger charge is -2.07. The third-order valence-electron chi connectivity index (χ3n) is 4.55. The summed E-state index contributed by atoms with van der Waals surface area (Å²) in [6.45, 7) is 0. The molecular weight excluding hydrogens is 354 g/mol. The molecule has 0 unspecified atom stereocenters. The first-order valence-corrected chi connectivity index (χ1v) is 8.81. The van der Waals surface area contributed by atoms with Crippen LogP contribution in [0, 0.1) is 0 Å². The second-order valence-corrected chi connectivity index (χ2v) is 6.21. The molecule has 5 heteroatoms. The smallest absolute Gasteiger partial charge is 0.257 e. The van der Waals surface area contributed by atoms with Crippen molar-refractivity contribution in [3.8, 4) is 22.6 Å². The molecule has 0 saturated carbocycles. The highest BCUT2D eigenvalue weighted by Crippen LogP contribution is 2.39. The number of anilines is 1. The lowest BCUT2D eigenvalue weighted by atomic mass is 10.0. The van der Waals surface area contributed by atoms with Crippen LogP contribution in [-0.4, -0.2) is 20.1 Å². The van der Waals surface area contributed by atoms with Crippen molar-refractivity contribution in [1.82, 2.24) is 0 Å². The molecule has 0 aliphatic rings. The minimum Gasteiger partial charge on any atom is -0.497 e. The number of furan rings is 1. The Hall–Kier alpha value is -3.73. The van der Waals surface area contributed by atoms with Crippen molar-refractivity contribution in [2.45, 2.75) is 0 Å². The molecule has 1 aromatic heterocycles. The fourth-order valence-corrected chi connectivity index (χ4v) is 3.10. The van der Waals surface area contributed by atoms with Crippen molar-refractivity contribution >= 4 is 22.8 Å². The van der Waals surface area contributed by atoms with Gasteiger partial charge in [0.05, 0.1) is 19.8 Å². The zero-order valence-electron chi connectivity index (χ0n) is 15.6. The second-order valence-electron chi connectivity index (χ2n) is 6.21. The Balaban J connectivity index is 1.74. The summed E-state index contributed by atoms with van der Waals surface area (Å²) in [7, 11) is 3.22. The lowest BCUT2D eigenvalue weighted by molar-refractivity contribution is 0.102. The first kappa shape index (κ1) is 17.7. The Morgan fingerprint density at radius 1 is 0.821 bits per heavy atom. The number of ether oxygens (including phenoxy) is 2. The highest BCUT2D eigenvalue weighted by Gasteiger charge is 2.18. The van der Waals surface area contributed by atoms with Crippen molar-refractivity contribution in [3.05, 3.63) is 78.4 Å². The average molecular weight is 373 g/mol. The minimum atomic E-state index is -0.253. The van der Waals surface area contributed by atoms with E-state index in [1.165, 1.54) is 0 Å². The van der Waals surface area contributed by atoms with Crippen molar-refractivity contribution in [1.29, 1.82) is 0 Å². The van der Waals surface area contributed by atoms with E-state index >= 15 is 0 Å². The minimum absolute atomic E-state index is 0.253. The van der Waals surface area contributed by atoms with E-state index in [1.54, 1.807) is 38.5 Å². The molecule has 0 radical (unpaired) electrons. The van der Waals surface area contributed by atoms with Gasteiger partial charge in [0.2, 0.25) is 5.88 Å². The van der Waals surface area contributed by atoms with Crippen LogP contribution in [0.1, 0.15) is 10.4 Å². The monoisotopic (exact) mass is 373 g/mol. The molecule has 4 aromatic rings. The molecule has 0 atom stereocenters. The van der Waals surface area contributed by atoms with Crippen LogP contribution in [0.25, 0.3) is 22.1 Å². The van der Waals surface area contributed by atoms with Gasteiger partial charge in [0.15, 0.2) is 0 Å². The van der Waals surface area contributed by atoms with Gasteiger partial charge in [-0.25, -0.2) is 0 Å². The molecule has 140 valence electrons. The number of carbonyl (C=O) groups excluding carboxylic acids is 1. The first-order chi connectivity index (χ1) is 13.7. The van der Waals surface area contributed by atoms with Gasteiger partial charge in [-0.15, -0.1) is 0 Å². The van der Waals surface area contributed by atoms with Crippen LogP contribution in [0.4, 0.5) is 5.88 Å². The number of nitrogens with one attached hydrogen (secondary N) is 1. The zero-order valence-corrected chi connectivity index (χ0v) is 15.6. The summed E-state index contributed by atoms with van der Waals surface area (Å²) in [6, 6.07) is 22.3. The van der Waals surface area contributed by atoms with E-state index in [4.69, 9.17) is 13.9 Å². The Morgan fingerprint density at radius 2 is 1.43 bits per heavy atom. The number of hydrogen-bond acceptors (Lipinski definition) is 4. The van der Waals surface area contributed by atoms with Crippen molar-refractivity contribution in [2.75, 3.05) is 19.5 Å². The number of benzene rings is 3. The molecule has 1 heterocycles. The highest BCUT2D eigenvalue weighted by atomic mass is 16.5. The molecule has 1 N–H and O–H groups in total. The molecule has 5 nitrogen and oxygen atoms in total. The van der Waals surface area contributed by atoms with E-state index in [1.807, 2.05) is 48.5 Å². The highest BCUT2D eigenvalue weighted by molar-refractivity contribution is 6.09. The molecule has 28 heavy (non-hydrogen) atoms. The Morgan fingerprint density at radius 3 is 2.07 bits per heavy atom. The predicted molar refractivity (Wildman–Crippen MR) is 109 cm³/mol. The summed E-state index contributed by atoms with van der Waals surface area (Å²) in [5, 5.41) is 3.83. The number of hydrogen-bond donors (Lipinski definition) is 1. The van der Waals surface area contributed by atoms with Gasteiger partial charge >= 0.3 is 0 Å². The third kappa shape index (κ3) is 3.30. The molecule has 1 amide bonds. The molecule has 4 rings (SSSR count). The number of carbonyl (C=O) groups is 1. The number of rotatable bonds is 5. The maximum atomic E-state index is 12.7. The van der Waals surface area contributed by atoms with Gasteiger partial charge < -0.3 is 13.9 Å². The molecule has 0 fully saturated rings. The van der Waals surface area contributed by atoms with Gasteiger partial charge in [0.1, 0.15) is 17.1 Å². The normalized spacial score (nSPS) is 10.6. The van der Waals surface area contributed by atoms with Gasteiger partial charge in [-0.1, -0.05) is 30.3 Å². The summed E-state index contributed by atoms with van der Waals surface area (Å²) in [5.41, 5.74) is 2.98. The summed E-state index contributed by atoms with van der Waals surface area (Å²) < 4.78 is 16.3. The van der Waals surface area contributed by atoms with Crippen LogP contribution in [-0.2, 0) is 0 Å². The molecule has 0 saturated heterocycles. The maximum Gasteiger partial charge on any atom is 0.257 e. The Labute approximate surface area is 162 Å². The van der Waals surface area contributed by atoms with E-state index in [0.29, 0.717) is 22.8 Å². The fourth-order valence-electron chi connectivity index (χ4n) is 3.10. The van der Waals surface area contributed by atoms with Crippen LogP contribution in [0.15, 0.2) is 77.2 Å². The quantitative estimate of drug-likeness (QED) is 0.511. The second kappa shape index (κ2) is 7.48. The number of amides is 1. The molecule has 0 aliphatic heterocycles. The molecule has 3 aromatic carbocycles. The summed E-state index contributed by atoms with van der Waals surface area (Å²) in [5.74, 6) is 1.61. The van der Waals surface area contributed by atoms with Crippen LogP contribution >= 0.6 is 0 Å². The van der Waals surface area contributed by atoms with E-state index in [-0.39, 0.29) is 5.91 Å². The van der Waals surface area contributed by atoms with Crippen LogP contribution in [0.5, 0.6) is 11.5 Å². The standard InChI is InChI=1S/C23H19NO4/c1-26-17-11-7-15(8-12-17)21-19-5-3-4-6-20(19)28-23(21)24-22(25)16-9-13-18(27-2)14-10-16/h3-14H,1-2H3,(H,24,25). The molecule has 0 spiro atoms. The van der Waals surface area contributed by atoms with E-state index in [0.717, 1.165) is 22.3 Å². The summed E-state index contributed by atoms with van der Waals surface area (Å²) in [4.78, 5) is 12.7. The molecule has 0 aliphatic carbocycles. The van der Waals surface area contributed by atoms with E-state index in [2.05, 4.69) is 5.32 Å². The SMILES string of the molecule is COc1ccc(C(=O)Nc2oc3ccccc3c2-c2ccc(OC)cc2)cc1. The third-order valence-corrected chi connectivity index (χ3v) is 4.55. The number of para-hydroxylation sites is 1.